The molecule has 0 aliphatic heterocycles. The molecule has 0 fully saturated rings. The van der Waals surface area contributed by atoms with Gasteiger partial charge in [-0.25, -0.2) is 5.84 Å². The smallest absolute Gasteiger partial charge is 0.308 e. The fourth-order valence-electron chi connectivity index (χ4n) is 2.18. The highest BCUT2D eigenvalue weighted by Crippen LogP contribution is 2.39. The maximum Gasteiger partial charge on any atom is 0.323 e. The van der Waals surface area contributed by atoms with Crippen LogP contribution in [0, 0.1) is 17.2 Å². The van der Waals surface area contributed by atoms with Crippen LogP contribution in [0.5, 0.6) is 0 Å². The topological polar surface area (TPSA) is 108 Å². The summed E-state index contributed by atoms with van der Waals surface area (Å²) in [7, 11) is 0. The summed E-state index contributed by atoms with van der Waals surface area (Å²) >= 11 is 1.37. The number of rotatable bonds is 1. The normalized spacial score (nSPS) is 17.2. The summed E-state index contributed by atoms with van der Waals surface area (Å²) in [6.07, 6.45) is 2.79. The number of carbonyl (C=O) groups excluding carboxylic acids is 2. The second-order valence-corrected chi connectivity index (χ2v) is 5.70. The number of nitriles is 1. The first kappa shape index (κ1) is 13.5. The Morgan fingerprint density at radius 3 is 2.84 bits per heavy atom. The molecule has 7 heteroatoms. The van der Waals surface area contributed by atoms with E-state index >= 15 is 0 Å². The summed E-state index contributed by atoms with van der Waals surface area (Å²) < 4.78 is 0. The van der Waals surface area contributed by atoms with Gasteiger partial charge < -0.3 is 5.32 Å². The molecule has 6 nitrogen and oxygen atoms in total. The van der Waals surface area contributed by atoms with Crippen molar-refractivity contribution < 1.29 is 9.59 Å². The molecule has 2 rings (SSSR count). The standard InChI is InChI=1S/C12H14N4O2S/c1-6-2-3-7-8(5-13)12(19-9(7)4-6)15-10(17)11(18)16-14/h6H,2-4,14H2,1H3,(H,15,17)(H,16,18)/t6-/m0/s1. The van der Waals surface area contributed by atoms with Gasteiger partial charge >= 0.3 is 11.8 Å². The minimum atomic E-state index is -0.927. The van der Waals surface area contributed by atoms with Gasteiger partial charge in [0.15, 0.2) is 0 Å². The Hall–Kier alpha value is -1.91. The summed E-state index contributed by atoms with van der Waals surface area (Å²) in [6.45, 7) is 2.16. The fraction of sp³-hybridized carbons (Fsp3) is 0.417. The van der Waals surface area contributed by atoms with Gasteiger partial charge in [0.2, 0.25) is 0 Å². The molecule has 1 aliphatic rings. The summed E-state index contributed by atoms with van der Waals surface area (Å²) in [5, 5.41) is 12.1. The van der Waals surface area contributed by atoms with Crippen molar-refractivity contribution >= 4 is 28.2 Å². The molecule has 0 aromatic carbocycles. The summed E-state index contributed by atoms with van der Waals surface area (Å²) in [4.78, 5) is 23.7. The molecule has 0 bridgehead atoms. The van der Waals surface area contributed by atoms with Gasteiger partial charge in [0, 0.05) is 4.88 Å². The molecular formula is C12H14N4O2S. The number of hydrogen-bond donors (Lipinski definition) is 3. The number of anilines is 1. The number of hydrogen-bond acceptors (Lipinski definition) is 5. The third kappa shape index (κ3) is 2.59. The quantitative estimate of drug-likeness (QED) is 0.304. The number of thiophene rings is 1. The molecule has 1 aromatic heterocycles. The predicted octanol–water partition coefficient (Wildman–Crippen LogP) is 0.673. The first-order chi connectivity index (χ1) is 9.06. The van der Waals surface area contributed by atoms with Crippen LogP contribution in [0.4, 0.5) is 5.00 Å². The van der Waals surface area contributed by atoms with Crippen LogP contribution in [-0.4, -0.2) is 11.8 Å². The Morgan fingerprint density at radius 1 is 1.47 bits per heavy atom. The third-order valence-electron chi connectivity index (χ3n) is 3.19. The second kappa shape index (κ2) is 5.38. The number of nitrogens with one attached hydrogen (secondary N) is 2. The van der Waals surface area contributed by atoms with E-state index in [1.165, 1.54) is 11.3 Å². The number of nitrogens with two attached hydrogens (primary N) is 1. The zero-order valence-electron chi connectivity index (χ0n) is 10.4. The van der Waals surface area contributed by atoms with Crippen molar-refractivity contribution in [1.82, 2.24) is 5.43 Å². The van der Waals surface area contributed by atoms with Gasteiger partial charge in [0.1, 0.15) is 11.1 Å². The van der Waals surface area contributed by atoms with Crippen LogP contribution in [0.3, 0.4) is 0 Å². The fourth-order valence-corrected chi connectivity index (χ4v) is 3.54. The highest BCUT2D eigenvalue weighted by Gasteiger charge is 2.25. The lowest BCUT2D eigenvalue weighted by atomic mass is 9.89. The average Bonchev–Trinajstić information content (AvgIpc) is 2.73. The lowest BCUT2D eigenvalue weighted by molar-refractivity contribution is -0.136. The van der Waals surface area contributed by atoms with Crippen LogP contribution in [0.2, 0.25) is 0 Å². The van der Waals surface area contributed by atoms with Crippen molar-refractivity contribution in [3.63, 3.8) is 0 Å². The van der Waals surface area contributed by atoms with E-state index in [0.717, 1.165) is 29.7 Å². The molecule has 0 saturated heterocycles. The largest absolute Gasteiger partial charge is 0.323 e. The molecule has 0 spiro atoms. The molecule has 19 heavy (non-hydrogen) atoms. The second-order valence-electron chi connectivity index (χ2n) is 4.60. The Kier molecular flexibility index (Phi) is 3.83. The van der Waals surface area contributed by atoms with Crippen LogP contribution >= 0.6 is 11.3 Å². The molecule has 4 N–H and O–H groups in total. The van der Waals surface area contributed by atoms with Crippen molar-refractivity contribution in [2.75, 3.05) is 5.32 Å². The zero-order valence-corrected chi connectivity index (χ0v) is 11.3. The number of hydrazine groups is 1. The molecule has 0 saturated carbocycles. The highest BCUT2D eigenvalue weighted by atomic mass is 32.1. The van der Waals surface area contributed by atoms with E-state index in [9.17, 15) is 14.9 Å². The van der Waals surface area contributed by atoms with Gasteiger partial charge in [-0.2, -0.15) is 5.26 Å². The highest BCUT2D eigenvalue weighted by molar-refractivity contribution is 7.16. The Bertz CT molecular complexity index is 573. The van der Waals surface area contributed by atoms with Crippen LogP contribution in [-0.2, 0) is 22.4 Å². The maximum atomic E-state index is 11.5. The van der Waals surface area contributed by atoms with E-state index < -0.39 is 11.8 Å². The van der Waals surface area contributed by atoms with Crippen molar-refractivity contribution in [2.45, 2.75) is 26.2 Å². The van der Waals surface area contributed by atoms with Gasteiger partial charge in [0.25, 0.3) is 0 Å². The first-order valence-corrected chi connectivity index (χ1v) is 6.75. The number of nitrogens with zero attached hydrogens (tertiary/aromatic N) is 1. The SMILES string of the molecule is C[C@H]1CCc2c(sc(NC(=O)C(=O)NN)c2C#N)C1. The summed E-state index contributed by atoms with van der Waals surface area (Å²) in [5.74, 6) is 3.69. The molecule has 2 amide bonds. The number of carbonyl (C=O) groups is 2. The van der Waals surface area contributed by atoms with Crippen molar-refractivity contribution in [1.29, 1.82) is 5.26 Å². The number of fused-ring (bicyclic) bond motifs is 1. The van der Waals surface area contributed by atoms with Crippen molar-refractivity contribution in [3.05, 3.63) is 16.0 Å². The maximum absolute atomic E-state index is 11.5. The Balaban J connectivity index is 2.30. The van der Waals surface area contributed by atoms with Gasteiger partial charge in [-0.3, -0.25) is 15.0 Å². The summed E-state index contributed by atoms with van der Waals surface area (Å²) in [5.41, 5.74) is 3.25. The van der Waals surface area contributed by atoms with Crippen LogP contribution in [0.25, 0.3) is 0 Å². The molecule has 0 unspecified atom stereocenters. The van der Waals surface area contributed by atoms with E-state index in [2.05, 4.69) is 18.3 Å². The van der Waals surface area contributed by atoms with E-state index in [1.54, 1.807) is 5.43 Å². The van der Waals surface area contributed by atoms with Gasteiger partial charge in [-0.1, -0.05) is 6.92 Å². The molecule has 1 aliphatic carbocycles. The Morgan fingerprint density at radius 2 is 2.21 bits per heavy atom. The minimum Gasteiger partial charge on any atom is -0.308 e. The van der Waals surface area contributed by atoms with Crippen LogP contribution in [0.15, 0.2) is 0 Å². The van der Waals surface area contributed by atoms with E-state index in [0.29, 0.717) is 16.5 Å². The minimum absolute atomic E-state index is 0.440. The zero-order chi connectivity index (χ0) is 14.0. The molecule has 100 valence electrons. The molecular weight excluding hydrogens is 264 g/mol. The molecule has 0 radical (unpaired) electrons. The first-order valence-electron chi connectivity index (χ1n) is 5.93. The van der Waals surface area contributed by atoms with Gasteiger partial charge in [-0.15, -0.1) is 11.3 Å². The Labute approximate surface area is 114 Å². The van der Waals surface area contributed by atoms with E-state index in [4.69, 9.17) is 5.84 Å². The average molecular weight is 278 g/mol. The van der Waals surface area contributed by atoms with Crippen LogP contribution in [0.1, 0.15) is 29.3 Å². The summed E-state index contributed by atoms with van der Waals surface area (Å²) in [6, 6.07) is 2.11. The van der Waals surface area contributed by atoms with Crippen molar-refractivity contribution in [3.8, 4) is 6.07 Å². The lowest BCUT2D eigenvalue weighted by Crippen LogP contribution is -2.39. The third-order valence-corrected chi connectivity index (χ3v) is 4.36. The molecule has 1 aromatic rings. The van der Waals surface area contributed by atoms with E-state index in [-0.39, 0.29) is 0 Å². The predicted molar refractivity (Wildman–Crippen MR) is 71.2 cm³/mol. The number of amides is 2. The van der Waals surface area contributed by atoms with Crippen LogP contribution < -0.4 is 16.6 Å². The van der Waals surface area contributed by atoms with E-state index in [1.807, 2.05) is 0 Å². The molecule has 1 heterocycles. The van der Waals surface area contributed by atoms with Gasteiger partial charge in [-0.05, 0) is 30.7 Å². The lowest BCUT2D eigenvalue weighted by Gasteiger charge is -2.17. The van der Waals surface area contributed by atoms with Gasteiger partial charge in [0.05, 0.1) is 5.56 Å². The monoisotopic (exact) mass is 278 g/mol. The molecule has 1 atom stereocenters. The van der Waals surface area contributed by atoms with Crippen molar-refractivity contribution in [2.24, 2.45) is 11.8 Å².